The van der Waals surface area contributed by atoms with Gasteiger partial charge in [-0.25, -0.2) is 0 Å². The van der Waals surface area contributed by atoms with Gasteiger partial charge in [0.15, 0.2) is 0 Å². The molecule has 2 aromatic rings. The summed E-state index contributed by atoms with van der Waals surface area (Å²) in [7, 11) is 1.36. The molecular formula is C12H5Cl5FNO. The minimum absolute atomic E-state index is 0.0357. The van der Waals surface area contributed by atoms with E-state index in [0.29, 0.717) is 5.56 Å². The van der Waals surface area contributed by atoms with Gasteiger partial charge in [-0.3, -0.25) is 0 Å². The van der Waals surface area contributed by atoms with Crippen molar-refractivity contribution in [1.82, 2.24) is 4.98 Å². The summed E-state index contributed by atoms with van der Waals surface area (Å²) in [5.74, 6) is -0.692. The Labute approximate surface area is 139 Å². The molecule has 0 fully saturated rings. The lowest BCUT2D eigenvalue weighted by atomic mass is 10.1. The molecule has 2 rings (SSSR count). The molecule has 0 aliphatic rings. The maximum absolute atomic E-state index is 13.5. The fraction of sp³-hybridized carbons (Fsp3) is 0.0833. The number of pyridine rings is 1. The van der Waals surface area contributed by atoms with Gasteiger partial charge in [0.05, 0.1) is 32.2 Å². The average Bonchev–Trinajstić information content (AvgIpc) is 2.42. The minimum atomic E-state index is -0.756. The number of rotatable bonds is 2. The van der Waals surface area contributed by atoms with Gasteiger partial charge in [0.25, 0.3) is 0 Å². The monoisotopic (exact) mass is 373 g/mol. The van der Waals surface area contributed by atoms with E-state index in [9.17, 15) is 4.39 Å². The highest BCUT2D eigenvalue weighted by atomic mass is 35.5. The van der Waals surface area contributed by atoms with Crippen LogP contribution >= 0.6 is 58.0 Å². The van der Waals surface area contributed by atoms with E-state index in [-0.39, 0.29) is 36.6 Å². The summed E-state index contributed by atoms with van der Waals surface area (Å²) < 4.78 is 18.4. The molecule has 2 nitrogen and oxygen atoms in total. The van der Waals surface area contributed by atoms with E-state index in [1.165, 1.54) is 13.2 Å². The Bertz CT molecular complexity index is 663. The van der Waals surface area contributed by atoms with Crippen molar-refractivity contribution in [2.24, 2.45) is 0 Å². The zero-order valence-corrected chi connectivity index (χ0v) is 13.6. The molecule has 1 aromatic heterocycles. The zero-order chi connectivity index (χ0) is 15.0. The van der Waals surface area contributed by atoms with E-state index >= 15 is 0 Å². The van der Waals surface area contributed by atoms with Crippen molar-refractivity contribution in [2.75, 3.05) is 7.11 Å². The zero-order valence-electron chi connectivity index (χ0n) is 9.78. The fourth-order valence-electron chi connectivity index (χ4n) is 1.58. The molecule has 0 N–H and O–H groups in total. The predicted molar refractivity (Wildman–Crippen MR) is 81.2 cm³/mol. The van der Waals surface area contributed by atoms with Gasteiger partial charge in [0.2, 0.25) is 11.8 Å². The Morgan fingerprint density at radius 2 is 1.40 bits per heavy atom. The van der Waals surface area contributed by atoms with Crippen molar-refractivity contribution >= 4 is 58.0 Å². The molecule has 0 atom stereocenters. The number of aromatic nitrogens is 1. The van der Waals surface area contributed by atoms with Gasteiger partial charge < -0.3 is 4.74 Å². The molecule has 0 radical (unpaired) electrons. The van der Waals surface area contributed by atoms with E-state index in [4.69, 9.17) is 62.7 Å². The molecule has 0 aliphatic heterocycles. The summed E-state index contributed by atoms with van der Waals surface area (Å²) in [5, 5.41) is 0.244. The second kappa shape index (κ2) is 6.12. The lowest BCUT2D eigenvalue weighted by molar-refractivity contribution is 0.388. The molecule has 1 heterocycles. The summed E-state index contributed by atoms with van der Waals surface area (Å²) in [4.78, 5) is 3.53. The van der Waals surface area contributed by atoms with Crippen LogP contribution in [0.25, 0.3) is 11.1 Å². The molecular weight excluding hydrogens is 370 g/mol. The van der Waals surface area contributed by atoms with E-state index in [0.717, 1.165) is 6.07 Å². The van der Waals surface area contributed by atoms with E-state index in [1.807, 2.05) is 0 Å². The molecule has 0 amide bonds. The normalized spacial score (nSPS) is 10.8. The van der Waals surface area contributed by atoms with Crippen LogP contribution in [0.2, 0.25) is 25.1 Å². The van der Waals surface area contributed by atoms with Gasteiger partial charge in [0.1, 0.15) is 0 Å². The van der Waals surface area contributed by atoms with Crippen LogP contribution < -0.4 is 4.74 Å². The highest BCUT2D eigenvalue weighted by Gasteiger charge is 2.21. The molecule has 20 heavy (non-hydrogen) atoms. The number of nitrogens with zero attached hydrogens (tertiary/aromatic N) is 1. The van der Waals surface area contributed by atoms with Crippen molar-refractivity contribution in [3.05, 3.63) is 43.2 Å². The first-order valence-corrected chi connectivity index (χ1v) is 6.99. The Kier molecular flexibility index (Phi) is 4.88. The summed E-state index contributed by atoms with van der Waals surface area (Å²) in [5.41, 5.74) is 0.581. The van der Waals surface area contributed by atoms with Gasteiger partial charge in [-0.2, -0.15) is 9.37 Å². The Hall–Kier alpha value is -0.450. The van der Waals surface area contributed by atoms with Crippen LogP contribution in [0.15, 0.2) is 12.1 Å². The Morgan fingerprint density at radius 1 is 0.900 bits per heavy atom. The Balaban J connectivity index is 2.79. The minimum Gasteiger partial charge on any atom is -0.481 e. The molecule has 0 unspecified atom stereocenters. The van der Waals surface area contributed by atoms with Crippen LogP contribution in [0.1, 0.15) is 0 Å². The number of methoxy groups -OCH3 is 1. The quantitative estimate of drug-likeness (QED) is 0.356. The van der Waals surface area contributed by atoms with Gasteiger partial charge in [0, 0.05) is 17.7 Å². The van der Waals surface area contributed by atoms with Crippen LogP contribution in [-0.4, -0.2) is 12.1 Å². The third-order valence-corrected chi connectivity index (χ3v) is 4.75. The number of hydrogen-bond acceptors (Lipinski definition) is 2. The summed E-state index contributed by atoms with van der Waals surface area (Å²) >= 11 is 30.1. The first-order chi connectivity index (χ1) is 9.36. The molecule has 8 heteroatoms. The van der Waals surface area contributed by atoms with Crippen LogP contribution in [0.5, 0.6) is 5.88 Å². The van der Waals surface area contributed by atoms with Crippen LogP contribution in [-0.2, 0) is 0 Å². The topological polar surface area (TPSA) is 22.1 Å². The van der Waals surface area contributed by atoms with E-state index in [2.05, 4.69) is 4.98 Å². The van der Waals surface area contributed by atoms with Crippen molar-refractivity contribution < 1.29 is 9.13 Å². The summed E-state index contributed by atoms with van der Waals surface area (Å²) in [6, 6.07) is 2.59. The molecule has 0 spiro atoms. The SMILES string of the molecule is COc1cc(-c2c(Cl)c(Cl)c(Cl)c(Cl)c2Cl)cc(F)n1. The molecule has 1 aromatic carbocycles. The van der Waals surface area contributed by atoms with Crippen LogP contribution in [0.3, 0.4) is 0 Å². The molecule has 0 bridgehead atoms. The predicted octanol–water partition coefficient (Wildman–Crippen LogP) is 6.16. The smallest absolute Gasteiger partial charge is 0.216 e. The van der Waals surface area contributed by atoms with Crippen molar-refractivity contribution in [3.63, 3.8) is 0 Å². The molecule has 0 saturated carbocycles. The second-order valence-electron chi connectivity index (χ2n) is 3.67. The maximum atomic E-state index is 13.5. The maximum Gasteiger partial charge on any atom is 0.216 e. The van der Waals surface area contributed by atoms with Crippen LogP contribution in [0.4, 0.5) is 4.39 Å². The number of hydrogen-bond donors (Lipinski definition) is 0. The molecule has 0 aliphatic carbocycles. The van der Waals surface area contributed by atoms with Gasteiger partial charge in [-0.1, -0.05) is 58.0 Å². The standard InChI is InChI=1S/C12H5Cl5FNO/c1-20-6-3-4(2-5(18)19-6)7-8(13)10(15)12(17)11(16)9(7)14/h2-3H,1H3. The molecule has 0 saturated heterocycles. The van der Waals surface area contributed by atoms with Crippen LogP contribution in [0, 0.1) is 5.95 Å². The van der Waals surface area contributed by atoms with Gasteiger partial charge in [-0.15, -0.1) is 0 Å². The van der Waals surface area contributed by atoms with Crippen molar-refractivity contribution in [1.29, 1.82) is 0 Å². The van der Waals surface area contributed by atoms with E-state index in [1.54, 1.807) is 0 Å². The lowest BCUT2D eigenvalue weighted by Gasteiger charge is -2.13. The summed E-state index contributed by atoms with van der Waals surface area (Å²) in [6.45, 7) is 0. The second-order valence-corrected chi connectivity index (χ2v) is 5.56. The van der Waals surface area contributed by atoms with Crippen molar-refractivity contribution in [2.45, 2.75) is 0 Å². The first-order valence-electron chi connectivity index (χ1n) is 5.10. The average molecular weight is 375 g/mol. The summed E-state index contributed by atoms with van der Waals surface area (Å²) in [6.07, 6.45) is 0. The fourth-order valence-corrected chi connectivity index (χ4v) is 2.94. The highest BCUT2D eigenvalue weighted by Crippen LogP contribution is 2.48. The number of ether oxygens (including phenoxy) is 1. The number of halogens is 6. The number of benzene rings is 1. The van der Waals surface area contributed by atoms with Crippen molar-refractivity contribution in [3.8, 4) is 17.0 Å². The largest absolute Gasteiger partial charge is 0.481 e. The van der Waals surface area contributed by atoms with Gasteiger partial charge in [-0.05, 0) is 5.56 Å². The van der Waals surface area contributed by atoms with Gasteiger partial charge >= 0.3 is 0 Å². The third-order valence-electron chi connectivity index (χ3n) is 2.48. The first kappa shape index (κ1) is 15.9. The molecule has 106 valence electrons. The van der Waals surface area contributed by atoms with E-state index < -0.39 is 5.95 Å². The Morgan fingerprint density at radius 3 is 1.90 bits per heavy atom. The lowest BCUT2D eigenvalue weighted by Crippen LogP contribution is -1.94. The highest BCUT2D eigenvalue weighted by molar-refractivity contribution is 6.56. The third kappa shape index (κ3) is 2.78.